The largest absolute Gasteiger partial charge is 0.461 e. The molecule has 0 aliphatic rings. The van der Waals surface area contributed by atoms with Crippen molar-refractivity contribution in [2.24, 2.45) is 0 Å². The lowest BCUT2D eigenvalue weighted by Gasteiger charge is -2.21. The van der Waals surface area contributed by atoms with Crippen molar-refractivity contribution < 1.29 is 19.1 Å². The summed E-state index contributed by atoms with van der Waals surface area (Å²) < 4.78 is 10.0. The Morgan fingerprint density at radius 1 is 1.32 bits per heavy atom. The molecule has 0 saturated carbocycles. The molecule has 0 saturated heterocycles. The number of esters is 1. The molecule has 1 amide bonds. The van der Waals surface area contributed by atoms with Crippen molar-refractivity contribution in [3.05, 3.63) is 50.9 Å². The van der Waals surface area contributed by atoms with Gasteiger partial charge in [-0.2, -0.15) is 0 Å². The van der Waals surface area contributed by atoms with Crippen LogP contribution in [-0.2, 0) is 16.0 Å². The molecule has 0 spiro atoms. The molecule has 2 rings (SSSR count). The van der Waals surface area contributed by atoms with Crippen LogP contribution in [0, 0.1) is 0 Å². The van der Waals surface area contributed by atoms with E-state index in [0.29, 0.717) is 28.7 Å². The fourth-order valence-electron chi connectivity index (χ4n) is 2.10. The lowest BCUT2D eigenvalue weighted by Crippen LogP contribution is -2.33. The van der Waals surface area contributed by atoms with Crippen molar-refractivity contribution in [2.75, 3.05) is 26.9 Å². The van der Waals surface area contributed by atoms with Gasteiger partial charge in [0.2, 0.25) is 0 Å². The second-order valence-corrected chi connectivity index (χ2v) is 6.40. The van der Waals surface area contributed by atoms with Crippen LogP contribution in [0.5, 0.6) is 0 Å². The smallest absolute Gasteiger partial charge is 0.357 e. The zero-order valence-corrected chi connectivity index (χ0v) is 15.6. The molecular formula is C17H19ClN2O4S. The van der Waals surface area contributed by atoms with Crippen molar-refractivity contribution in [3.63, 3.8) is 0 Å². The Bertz CT molecular complexity index is 735. The first kappa shape index (κ1) is 19.4. The molecule has 0 aliphatic carbocycles. The van der Waals surface area contributed by atoms with Crippen molar-refractivity contribution >= 4 is 34.8 Å². The van der Waals surface area contributed by atoms with E-state index in [1.807, 2.05) is 0 Å². The summed E-state index contributed by atoms with van der Waals surface area (Å²) in [6.45, 7) is 3.05. The van der Waals surface area contributed by atoms with Gasteiger partial charge in [0.05, 0.1) is 30.3 Å². The summed E-state index contributed by atoms with van der Waals surface area (Å²) in [4.78, 5) is 30.4. The molecule has 25 heavy (non-hydrogen) atoms. The van der Waals surface area contributed by atoms with E-state index in [0.717, 1.165) is 0 Å². The molecule has 0 radical (unpaired) electrons. The topological polar surface area (TPSA) is 68.7 Å². The van der Waals surface area contributed by atoms with Crippen LogP contribution in [0.3, 0.4) is 0 Å². The average Bonchev–Trinajstić information content (AvgIpc) is 3.07. The number of methoxy groups -OCH3 is 1. The van der Waals surface area contributed by atoms with E-state index >= 15 is 0 Å². The molecule has 0 N–H and O–H groups in total. The van der Waals surface area contributed by atoms with E-state index < -0.39 is 5.97 Å². The predicted molar refractivity (Wildman–Crippen MR) is 96.1 cm³/mol. The molecule has 0 unspecified atom stereocenters. The summed E-state index contributed by atoms with van der Waals surface area (Å²) in [7, 11) is 1.57. The minimum atomic E-state index is -0.467. The number of amides is 1. The number of halogens is 1. The Balaban J connectivity index is 2.16. The van der Waals surface area contributed by atoms with E-state index in [9.17, 15) is 9.59 Å². The maximum absolute atomic E-state index is 12.8. The van der Waals surface area contributed by atoms with Crippen molar-refractivity contribution in [1.29, 1.82) is 0 Å². The number of carbonyl (C=O) groups excluding carboxylic acids is 2. The summed E-state index contributed by atoms with van der Waals surface area (Å²) >= 11 is 7.43. The number of thiazole rings is 1. The normalized spacial score (nSPS) is 10.5. The number of ether oxygens (including phenoxy) is 2. The van der Waals surface area contributed by atoms with Gasteiger partial charge in [0.25, 0.3) is 5.91 Å². The molecule has 8 heteroatoms. The van der Waals surface area contributed by atoms with Crippen molar-refractivity contribution in [3.8, 4) is 0 Å². The van der Waals surface area contributed by atoms with Crippen LogP contribution in [0.15, 0.2) is 29.6 Å². The fourth-order valence-corrected chi connectivity index (χ4v) is 3.10. The molecule has 2 aromatic rings. The van der Waals surface area contributed by atoms with Crippen LogP contribution in [0.25, 0.3) is 0 Å². The Hall–Kier alpha value is -1.96. The number of rotatable bonds is 8. The Morgan fingerprint density at radius 3 is 2.76 bits per heavy atom. The van der Waals surface area contributed by atoms with E-state index in [1.165, 1.54) is 11.3 Å². The van der Waals surface area contributed by atoms with Gasteiger partial charge in [-0.3, -0.25) is 4.79 Å². The lowest BCUT2D eigenvalue weighted by atomic mass is 10.2. The molecular weight excluding hydrogens is 364 g/mol. The zero-order valence-electron chi connectivity index (χ0n) is 14.0. The molecule has 0 bridgehead atoms. The van der Waals surface area contributed by atoms with Gasteiger partial charge in [-0.1, -0.05) is 23.7 Å². The predicted octanol–water partition coefficient (Wildman–Crippen LogP) is 3.26. The molecule has 0 atom stereocenters. The first-order valence-corrected chi connectivity index (χ1v) is 8.96. The average molecular weight is 383 g/mol. The summed E-state index contributed by atoms with van der Waals surface area (Å²) in [6, 6.07) is 6.88. The van der Waals surface area contributed by atoms with Gasteiger partial charge in [-0.15, -0.1) is 11.3 Å². The molecule has 6 nitrogen and oxygen atoms in total. The summed E-state index contributed by atoms with van der Waals surface area (Å²) in [5.74, 6) is -0.679. The highest BCUT2D eigenvalue weighted by Crippen LogP contribution is 2.20. The second-order valence-electron chi connectivity index (χ2n) is 5.05. The van der Waals surface area contributed by atoms with Gasteiger partial charge in [0.15, 0.2) is 5.69 Å². The van der Waals surface area contributed by atoms with E-state index in [2.05, 4.69) is 4.98 Å². The lowest BCUT2D eigenvalue weighted by molar-refractivity contribution is 0.0520. The Morgan fingerprint density at radius 2 is 2.08 bits per heavy atom. The third-order valence-electron chi connectivity index (χ3n) is 3.32. The number of benzene rings is 1. The van der Waals surface area contributed by atoms with Crippen LogP contribution in [0.2, 0.25) is 5.02 Å². The van der Waals surface area contributed by atoms with Crippen LogP contribution < -0.4 is 0 Å². The summed E-state index contributed by atoms with van der Waals surface area (Å²) in [6.07, 6.45) is 0. The monoisotopic (exact) mass is 382 g/mol. The van der Waals surface area contributed by atoms with Crippen LogP contribution >= 0.6 is 22.9 Å². The highest BCUT2D eigenvalue weighted by molar-refractivity contribution is 7.09. The SMILES string of the molecule is CCOC(=O)c1csc(CN(CCOC)C(=O)c2ccccc2Cl)n1. The van der Waals surface area contributed by atoms with Crippen LogP contribution in [0.1, 0.15) is 32.8 Å². The standard InChI is InChI=1S/C17H19ClN2O4S/c1-3-24-17(22)14-11-25-15(19-14)10-20(8-9-23-2)16(21)12-6-4-5-7-13(12)18/h4-7,11H,3,8-10H2,1-2H3. The minimum Gasteiger partial charge on any atom is -0.461 e. The first-order valence-electron chi connectivity index (χ1n) is 7.71. The molecule has 134 valence electrons. The van der Waals surface area contributed by atoms with E-state index in [-0.39, 0.29) is 24.8 Å². The second kappa shape index (κ2) is 9.50. The third-order valence-corrected chi connectivity index (χ3v) is 4.48. The highest BCUT2D eigenvalue weighted by atomic mass is 35.5. The van der Waals surface area contributed by atoms with Gasteiger partial charge in [-0.25, -0.2) is 9.78 Å². The van der Waals surface area contributed by atoms with Crippen LogP contribution in [0.4, 0.5) is 0 Å². The summed E-state index contributed by atoms with van der Waals surface area (Å²) in [5.41, 5.74) is 0.668. The van der Waals surface area contributed by atoms with Gasteiger partial charge in [0.1, 0.15) is 5.01 Å². The first-order chi connectivity index (χ1) is 12.1. The molecule has 1 heterocycles. The van der Waals surface area contributed by atoms with Gasteiger partial charge < -0.3 is 14.4 Å². The van der Waals surface area contributed by atoms with E-state index in [4.69, 9.17) is 21.1 Å². The van der Waals surface area contributed by atoms with Gasteiger partial charge >= 0.3 is 5.97 Å². The number of nitrogens with zero attached hydrogens (tertiary/aromatic N) is 2. The molecule has 1 aromatic carbocycles. The van der Waals surface area contributed by atoms with Gasteiger partial charge in [-0.05, 0) is 19.1 Å². The highest BCUT2D eigenvalue weighted by Gasteiger charge is 2.20. The van der Waals surface area contributed by atoms with E-state index in [1.54, 1.807) is 48.6 Å². The minimum absolute atomic E-state index is 0.212. The van der Waals surface area contributed by atoms with Crippen molar-refractivity contribution in [2.45, 2.75) is 13.5 Å². The number of hydrogen-bond acceptors (Lipinski definition) is 6. The zero-order chi connectivity index (χ0) is 18.2. The molecule has 0 fully saturated rings. The number of carbonyl (C=O) groups is 2. The Labute approximate surface area is 155 Å². The summed E-state index contributed by atoms with van der Waals surface area (Å²) in [5, 5.41) is 2.66. The Kier molecular flexibility index (Phi) is 7.36. The fraction of sp³-hybridized carbons (Fsp3) is 0.353. The number of aromatic nitrogens is 1. The maximum Gasteiger partial charge on any atom is 0.357 e. The quantitative estimate of drug-likeness (QED) is 0.655. The van der Waals surface area contributed by atoms with Crippen molar-refractivity contribution in [1.82, 2.24) is 9.88 Å². The molecule has 1 aromatic heterocycles. The van der Waals surface area contributed by atoms with Gasteiger partial charge in [0, 0.05) is 19.0 Å². The molecule has 0 aliphatic heterocycles. The maximum atomic E-state index is 12.8. The third kappa shape index (κ3) is 5.26. The van der Waals surface area contributed by atoms with Crippen LogP contribution in [-0.4, -0.2) is 48.6 Å². The number of hydrogen-bond donors (Lipinski definition) is 0.